The fraction of sp³-hybridized carbons (Fsp3) is 0.625. The first-order valence-electron chi connectivity index (χ1n) is 7.46. The van der Waals surface area contributed by atoms with Gasteiger partial charge >= 0.3 is 0 Å². The van der Waals surface area contributed by atoms with Crippen LogP contribution in [0, 0.1) is 0 Å². The minimum atomic E-state index is 0.159. The van der Waals surface area contributed by atoms with Crippen molar-refractivity contribution in [1.82, 2.24) is 5.32 Å². The Balaban J connectivity index is 1.76. The summed E-state index contributed by atoms with van der Waals surface area (Å²) in [5, 5.41) is 4.29. The third kappa shape index (κ3) is 3.13. The average Bonchev–Trinajstić information content (AvgIpc) is 2.49. The number of hydrogen-bond donors (Lipinski definition) is 1. The van der Waals surface area contributed by atoms with E-state index in [1.807, 2.05) is 0 Å². The van der Waals surface area contributed by atoms with Crippen LogP contribution in [0.25, 0.3) is 0 Å². The van der Waals surface area contributed by atoms with Crippen LogP contribution >= 0.6 is 11.6 Å². The second kappa shape index (κ2) is 6.25. The summed E-state index contributed by atoms with van der Waals surface area (Å²) in [6.45, 7) is 2.62. The largest absolute Gasteiger partial charge is 0.371 e. The third-order valence-corrected chi connectivity index (χ3v) is 4.70. The number of benzene rings is 1. The van der Waals surface area contributed by atoms with Crippen molar-refractivity contribution in [3.05, 3.63) is 34.3 Å². The van der Waals surface area contributed by atoms with Gasteiger partial charge in [-0.05, 0) is 36.0 Å². The zero-order valence-electron chi connectivity index (χ0n) is 11.3. The molecule has 1 atom stereocenters. The lowest BCUT2D eigenvalue weighted by Gasteiger charge is -2.26. The Labute approximate surface area is 120 Å². The minimum Gasteiger partial charge on any atom is -0.371 e. The molecule has 1 heterocycles. The lowest BCUT2D eigenvalue weighted by Crippen LogP contribution is -2.33. The molecule has 3 rings (SSSR count). The van der Waals surface area contributed by atoms with Gasteiger partial charge in [0.2, 0.25) is 0 Å². The molecular formula is C16H22ClNO. The van der Waals surface area contributed by atoms with Gasteiger partial charge in [-0.2, -0.15) is 0 Å². The Morgan fingerprint density at radius 2 is 2.00 bits per heavy atom. The van der Waals surface area contributed by atoms with Crippen LogP contribution in [0.2, 0.25) is 5.02 Å². The zero-order chi connectivity index (χ0) is 13.1. The lowest BCUT2D eigenvalue weighted by molar-refractivity contribution is 0.0277. The van der Waals surface area contributed by atoms with Crippen molar-refractivity contribution in [3.63, 3.8) is 0 Å². The molecule has 0 bridgehead atoms. The Bertz CT molecular complexity index is 423. The maximum Gasteiger partial charge on any atom is 0.0950 e. The Morgan fingerprint density at radius 1 is 1.16 bits per heavy atom. The monoisotopic (exact) mass is 279 g/mol. The standard InChI is InChI=1S/C16H22ClNO/c17-15-10-13(16-11-18-8-9-19-16)6-7-14(15)12-4-2-1-3-5-12/h6-7,10,12,16,18H,1-5,8-9,11H2. The van der Waals surface area contributed by atoms with Gasteiger partial charge in [-0.3, -0.25) is 0 Å². The SMILES string of the molecule is Clc1cc(C2CNCCO2)ccc1C1CCCCC1. The van der Waals surface area contributed by atoms with Crippen molar-refractivity contribution in [1.29, 1.82) is 0 Å². The Hall–Kier alpha value is -0.570. The van der Waals surface area contributed by atoms with Crippen LogP contribution < -0.4 is 5.32 Å². The van der Waals surface area contributed by atoms with Crippen LogP contribution in [0.3, 0.4) is 0 Å². The maximum atomic E-state index is 6.51. The van der Waals surface area contributed by atoms with E-state index in [2.05, 4.69) is 23.5 Å². The molecule has 1 unspecified atom stereocenters. The number of hydrogen-bond acceptors (Lipinski definition) is 2. The molecule has 1 aliphatic carbocycles. The summed E-state index contributed by atoms with van der Waals surface area (Å²) in [5.74, 6) is 0.667. The first kappa shape index (κ1) is 13.4. The van der Waals surface area contributed by atoms with E-state index in [1.54, 1.807) is 0 Å². The van der Waals surface area contributed by atoms with Gasteiger partial charge in [-0.25, -0.2) is 0 Å². The molecule has 1 aromatic rings. The van der Waals surface area contributed by atoms with Crippen molar-refractivity contribution in [2.45, 2.75) is 44.1 Å². The molecule has 2 fully saturated rings. The van der Waals surface area contributed by atoms with E-state index in [1.165, 1.54) is 43.2 Å². The molecule has 1 N–H and O–H groups in total. The number of halogens is 1. The van der Waals surface area contributed by atoms with E-state index in [0.717, 1.165) is 24.7 Å². The molecule has 1 aromatic carbocycles. The third-order valence-electron chi connectivity index (χ3n) is 4.37. The van der Waals surface area contributed by atoms with Crippen molar-refractivity contribution in [3.8, 4) is 0 Å². The lowest BCUT2D eigenvalue weighted by atomic mass is 9.83. The summed E-state index contributed by atoms with van der Waals surface area (Å²) in [6, 6.07) is 6.54. The van der Waals surface area contributed by atoms with Gasteiger partial charge in [0.1, 0.15) is 0 Å². The van der Waals surface area contributed by atoms with Crippen LogP contribution in [-0.2, 0) is 4.74 Å². The van der Waals surface area contributed by atoms with Gasteiger partial charge in [0, 0.05) is 18.1 Å². The van der Waals surface area contributed by atoms with Gasteiger partial charge in [-0.1, -0.05) is 43.0 Å². The molecule has 1 saturated carbocycles. The summed E-state index contributed by atoms with van der Waals surface area (Å²) < 4.78 is 5.78. The topological polar surface area (TPSA) is 21.3 Å². The average molecular weight is 280 g/mol. The molecule has 1 aliphatic heterocycles. The Morgan fingerprint density at radius 3 is 2.68 bits per heavy atom. The predicted molar refractivity (Wildman–Crippen MR) is 78.8 cm³/mol. The van der Waals surface area contributed by atoms with E-state index >= 15 is 0 Å². The molecule has 0 radical (unpaired) electrons. The summed E-state index contributed by atoms with van der Waals surface area (Å²) in [5.41, 5.74) is 2.55. The highest BCUT2D eigenvalue weighted by Crippen LogP contribution is 2.37. The van der Waals surface area contributed by atoms with Gasteiger partial charge in [0.05, 0.1) is 12.7 Å². The van der Waals surface area contributed by atoms with Crippen LogP contribution in [0.4, 0.5) is 0 Å². The van der Waals surface area contributed by atoms with E-state index in [-0.39, 0.29) is 6.10 Å². The number of morpholine rings is 1. The quantitative estimate of drug-likeness (QED) is 0.882. The first-order valence-corrected chi connectivity index (χ1v) is 7.84. The van der Waals surface area contributed by atoms with Crippen LogP contribution in [-0.4, -0.2) is 19.7 Å². The summed E-state index contributed by atoms with van der Waals surface area (Å²) in [4.78, 5) is 0. The van der Waals surface area contributed by atoms with E-state index in [9.17, 15) is 0 Å². The first-order chi connectivity index (χ1) is 9.34. The van der Waals surface area contributed by atoms with Gasteiger partial charge in [0.25, 0.3) is 0 Å². The molecule has 104 valence electrons. The molecule has 3 heteroatoms. The normalized spacial score (nSPS) is 25.4. The predicted octanol–water partition coefficient (Wildman–Crippen LogP) is 4.05. The summed E-state index contributed by atoms with van der Waals surface area (Å²) in [6.07, 6.45) is 6.82. The Kier molecular flexibility index (Phi) is 4.42. The highest BCUT2D eigenvalue weighted by molar-refractivity contribution is 6.31. The second-order valence-electron chi connectivity index (χ2n) is 5.68. The minimum absolute atomic E-state index is 0.159. The van der Waals surface area contributed by atoms with E-state index in [4.69, 9.17) is 16.3 Å². The highest BCUT2D eigenvalue weighted by Gasteiger charge is 2.20. The van der Waals surface area contributed by atoms with Gasteiger partial charge < -0.3 is 10.1 Å². The van der Waals surface area contributed by atoms with Crippen molar-refractivity contribution in [2.75, 3.05) is 19.7 Å². The summed E-state index contributed by atoms with van der Waals surface area (Å²) >= 11 is 6.51. The second-order valence-corrected chi connectivity index (χ2v) is 6.09. The van der Waals surface area contributed by atoms with Gasteiger partial charge in [0.15, 0.2) is 0 Å². The van der Waals surface area contributed by atoms with Crippen molar-refractivity contribution < 1.29 is 4.74 Å². The van der Waals surface area contributed by atoms with Crippen molar-refractivity contribution >= 4 is 11.6 Å². The molecule has 0 aromatic heterocycles. The molecule has 1 saturated heterocycles. The molecule has 2 aliphatic rings. The van der Waals surface area contributed by atoms with Crippen LogP contribution in [0.15, 0.2) is 18.2 Å². The highest BCUT2D eigenvalue weighted by atomic mass is 35.5. The summed E-state index contributed by atoms with van der Waals surface area (Å²) in [7, 11) is 0. The molecule has 19 heavy (non-hydrogen) atoms. The number of nitrogens with one attached hydrogen (secondary N) is 1. The zero-order valence-corrected chi connectivity index (χ0v) is 12.1. The maximum absolute atomic E-state index is 6.51. The fourth-order valence-corrected chi connectivity index (χ4v) is 3.61. The molecule has 2 nitrogen and oxygen atoms in total. The van der Waals surface area contributed by atoms with Crippen LogP contribution in [0.5, 0.6) is 0 Å². The fourth-order valence-electron chi connectivity index (χ4n) is 3.27. The van der Waals surface area contributed by atoms with Gasteiger partial charge in [-0.15, -0.1) is 0 Å². The number of rotatable bonds is 2. The molecular weight excluding hydrogens is 258 g/mol. The van der Waals surface area contributed by atoms with Crippen LogP contribution in [0.1, 0.15) is 55.3 Å². The molecule has 0 amide bonds. The van der Waals surface area contributed by atoms with Crippen molar-refractivity contribution in [2.24, 2.45) is 0 Å². The van der Waals surface area contributed by atoms with E-state index in [0.29, 0.717) is 5.92 Å². The number of ether oxygens (including phenoxy) is 1. The van der Waals surface area contributed by atoms with E-state index < -0.39 is 0 Å². The molecule has 0 spiro atoms. The smallest absolute Gasteiger partial charge is 0.0950 e.